The summed E-state index contributed by atoms with van der Waals surface area (Å²) in [5.74, 6) is 0.805. The summed E-state index contributed by atoms with van der Waals surface area (Å²) in [6.07, 6.45) is 1.67. The second-order valence-electron chi connectivity index (χ2n) is 2.85. The van der Waals surface area contributed by atoms with E-state index in [-0.39, 0.29) is 5.75 Å². The highest BCUT2D eigenvalue weighted by Crippen LogP contribution is 2.31. The summed E-state index contributed by atoms with van der Waals surface area (Å²) in [6.45, 7) is 0. The Morgan fingerprint density at radius 3 is 2.86 bits per heavy atom. The highest BCUT2D eigenvalue weighted by molar-refractivity contribution is 5.67. The fourth-order valence-electron chi connectivity index (χ4n) is 1.31. The number of phenolic OH excluding ortho intramolecular Hbond substituents is 1. The SMILES string of the molecule is COc1cc(O)ccc1-c1ccn[nH]1. The zero-order chi connectivity index (χ0) is 9.97. The van der Waals surface area contributed by atoms with Gasteiger partial charge < -0.3 is 9.84 Å². The molecule has 1 heterocycles. The molecule has 4 heteroatoms. The van der Waals surface area contributed by atoms with Crippen molar-refractivity contribution >= 4 is 0 Å². The van der Waals surface area contributed by atoms with Gasteiger partial charge in [0.1, 0.15) is 11.5 Å². The highest BCUT2D eigenvalue weighted by atomic mass is 16.5. The van der Waals surface area contributed by atoms with Gasteiger partial charge in [-0.05, 0) is 18.2 Å². The topological polar surface area (TPSA) is 58.1 Å². The highest BCUT2D eigenvalue weighted by Gasteiger charge is 2.06. The Bertz CT molecular complexity index is 424. The first kappa shape index (κ1) is 8.62. The molecule has 4 nitrogen and oxygen atoms in total. The summed E-state index contributed by atoms with van der Waals surface area (Å²) < 4.78 is 5.14. The molecule has 0 saturated carbocycles. The summed E-state index contributed by atoms with van der Waals surface area (Å²) >= 11 is 0. The lowest BCUT2D eigenvalue weighted by atomic mass is 10.1. The fraction of sp³-hybridized carbons (Fsp3) is 0.100. The van der Waals surface area contributed by atoms with E-state index in [0.29, 0.717) is 5.75 Å². The Labute approximate surface area is 81.2 Å². The number of hydrogen-bond acceptors (Lipinski definition) is 3. The number of aromatic nitrogens is 2. The van der Waals surface area contributed by atoms with Crippen LogP contribution in [0.1, 0.15) is 0 Å². The molecule has 2 rings (SSSR count). The van der Waals surface area contributed by atoms with Crippen molar-refractivity contribution < 1.29 is 9.84 Å². The molecule has 0 spiro atoms. The average Bonchev–Trinajstić information content (AvgIpc) is 2.70. The molecule has 14 heavy (non-hydrogen) atoms. The lowest BCUT2D eigenvalue weighted by Gasteiger charge is -2.06. The van der Waals surface area contributed by atoms with Gasteiger partial charge in [-0.15, -0.1) is 0 Å². The normalized spacial score (nSPS) is 10.1. The summed E-state index contributed by atoms with van der Waals surface area (Å²) in [6, 6.07) is 6.80. The Kier molecular flexibility index (Phi) is 2.10. The van der Waals surface area contributed by atoms with E-state index in [1.807, 2.05) is 6.07 Å². The second-order valence-corrected chi connectivity index (χ2v) is 2.85. The van der Waals surface area contributed by atoms with E-state index < -0.39 is 0 Å². The third-order valence-electron chi connectivity index (χ3n) is 1.98. The molecule has 0 aliphatic rings. The van der Waals surface area contributed by atoms with Gasteiger partial charge in [-0.1, -0.05) is 0 Å². The number of H-pyrrole nitrogens is 1. The summed E-state index contributed by atoms with van der Waals surface area (Å²) in [7, 11) is 1.56. The van der Waals surface area contributed by atoms with Crippen LogP contribution in [-0.2, 0) is 0 Å². The maximum atomic E-state index is 9.26. The van der Waals surface area contributed by atoms with Crippen molar-refractivity contribution in [2.75, 3.05) is 7.11 Å². The van der Waals surface area contributed by atoms with Crippen molar-refractivity contribution in [1.29, 1.82) is 0 Å². The van der Waals surface area contributed by atoms with Crippen molar-refractivity contribution in [3.05, 3.63) is 30.5 Å². The van der Waals surface area contributed by atoms with Gasteiger partial charge in [0.05, 0.1) is 12.8 Å². The van der Waals surface area contributed by atoms with Crippen LogP contribution in [0.25, 0.3) is 11.3 Å². The minimum atomic E-state index is 0.185. The first-order valence-corrected chi connectivity index (χ1v) is 4.18. The van der Waals surface area contributed by atoms with E-state index in [2.05, 4.69) is 10.2 Å². The Hall–Kier alpha value is -1.97. The number of phenols is 1. The number of benzene rings is 1. The maximum absolute atomic E-state index is 9.26. The minimum Gasteiger partial charge on any atom is -0.508 e. The first-order valence-electron chi connectivity index (χ1n) is 4.18. The smallest absolute Gasteiger partial charge is 0.131 e. The monoisotopic (exact) mass is 190 g/mol. The summed E-state index contributed by atoms with van der Waals surface area (Å²) in [5.41, 5.74) is 1.74. The van der Waals surface area contributed by atoms with E-state index in [9.17, 15) is 5.11 Å². The molecule has 72 valence electrons. The average molecular weight is 190 g/mol. The van der Waals surface area contributed by atoms with Crippen molar-refractivity contribution in [2.24, 2.45) is 0 Å². The Morgan fingerprint density at radius 2 is 2.21 bits per heavy atom. The number of ether oxygens (including phenoxy) is 1. The van der Waals surface area contributed by atoms with Gasteiger partial charge in [0.25, 0.3) is 0 Å². The summed E-state index contributed by atoms with van der Waals surface area (Å²) in [4.78, 5) is 0. The third-order valence-corrected chi connectivity index (χ3v) is 1.98. The van der Waals surface area contributed by atoms with Crippen LogP contribution >= 0.6 is 0 Å². The van der Waals surface area contributed by atoms with Crippen molar-refractivity contribution in [3.63, 3.8) is 0 Å². The molecule has 0 bridgehead atoms. The number of aromatic hydroxyl groups is 1. The molecule has 0 atom stereocenters. The van der Waals surface area contributed by atoms with Crippen LogP contribution in [0.2, 0.25) is 0 Å². The number of nitrogens with one attached hydrogen (secondary N) is 1. The van der Waals surface area contributed by atoms with Crippen LogP contribution in [-0.4, -0.2) is 22.4 Å². The molecule has 0 radical (unpaired) electrons. The molecule has 1 aromatic heterocycles. The molecule has 2 aromatic rings. The number of methoxy groups -OCH3 is 1. The second kappa shape index (κ2) is 3.41. The molecule has 2 N–H and O–H groups in total. The number of aromatic amines is 1. The van der Waals surface area contributed by atoms with Crippen LogP contribution in [0.5, 0.6) is 11.5 Å². The Balaban J connectivity index is 2.53. The maximum Gasteiger partial charge on any atom is 0.131 e. The summed E-state index contributed by atoms with van der Waals surface area (Å²) in [5, 5.41) is 15.9. The fourth-order valence-corrected chi connectivity index (χ4v) is 1.31. The van der Waals surface area contributed by atoms with Gasteiger partial charge in [0, 0.05) is 17.8 Å². The van der Waals surface area contributed by atoms with Gasteiger partial charge in [0.15, 0.2) is 0 Å². The van der Waals surface area contributed by atoms with E-state index in [4.69, 9.17) is 4.74 Å². The van der Waals surface area contributed by atoms with E-state index in [1.165, 1.54) is 0 Å². The van der Waals surface area contributed by atoms with Crippen molar-refractivity contribution in [1.82, 2.24) is 10.2 Å². The van der Waals surface area contributed by atoms with E-state index in [0.717, 1.165) is 11.3 Å². The molecule has 0 aliphatic carbocycles. The zero-order valence-corrected chi connectivity index (χ0v) is 7.69. The molecule has 0 amide bonds. The van der Waals surface area contributed by atoms with Crippen LogP contribution < -0.4 is 4.74 Å². The minimum absolute atomic E-state index is 0.185. The molecule has 0 unspecified atom stereocenters. The van der Waals surface area contributed by atoms with Gasteiger partial charge in [-0.25, -0.2) is 0 Å². The van der Waals surface area contributed by atoms with Gasteiger partial charge in [-0.2, -0.15) is 5.10 Å². The number of nitrogens with zero attached hydrogens (tertiary/aromatic N) is 1. The Morgan fingerprint density at radius 1 is 1.36 bits per heavy atom. The standard InChI is InChI=1S/C10H10N2O2/c1-14-10-6-7(13)2-3-8(10)9-4-5-11-12-9/h2-6,13H,1H3,(H,11,12). The van der Waals surface area contributed by atoms with E-state index >= 15 is 0 Å². The molecular weight excluding hydrogens is 180 g/mol. The number of rotatable bonds is 2. The molecule has 0 aliphatic heterocycles. The van der Waals surface area contributed by atoms with Gasteiger partial charge >= 0.3 is 0 Å². The third kappa shape index (κ3) is 1.42. The molecule has 1 aromatic carbocycles. The predicted molar refractivity (Wildman–Crippen MR) is 52.2 cm³/mol. The number of hydrogen-bond donors (Lipinski definition) is 2. The van der Waals surface area contributed by atoms with Crippen LogP contribution in [0.4, 0.5) is 0 Å². The quantitative estimate of drug-likeness (QED) is 0.759. The molecule has 0 saturated heterocycles. The van der Waals surface area contributed by atoms with Crippen LogP contribution in [0.3, 0.4) is 0 Å². The molecular formula is C10H10N2O2. The zero-order valence-electron chi connectivity index (χ0n) is 7.69. The van der Waals surface area contributed by atoms with Gasteiger partial charge in [-0.3, -0.25) is 5.10 Å². The van der Waals surface area contributed by atoms with Crippen LogP contribution in [0, 0.1) is 0 Å². The predicted octanol–water partition coefficient (Wildman–Crippen LogP) is 1.79. The van der Waals surface area contributed by atoms with Crippen LogP contribution in [0.15, 0.2) is 30.5 Å². The van der Waals surface area contributed by atoms with E-state index in [1.54, 1.807) is 31.5 Å². The largest absolute Gasteiger partial charge is 0.508 e. The molecule has 0 fully saturated rings. The van der Waals surface area contributed by atoms with Gasteiger partial charge in [0.2, 0.25) is 0 Å². The first-order chi connectivity index (χ1) is 6.81. The lowest BCUT2D eigenvalue weighted by molar-refractivity contribution is 0.409. The van der Waals surface area contributed by atoms with Crippen molar-refractivity contribution in [2.45, 2.75) is 0 Å². The van der Waals surface area contributed by atoms with Crippen molar-refractivity contribution in [3.8, 4) is 22.8 Å². The lowest BCUT2D eigenvalue weighted by Crippen LogP contribution is -1.87.